The van der Waals surface area contributed by atoms with Crippen molar-refractivity contribution in [2.24, 2.45) is 0 Å². The number of morpholine rings is 1. The van der Waals surface area contributed by atoms with Crippen molar-refractivity contribution in [2.75, 3.05) is 26.7 Å². The molecule has 0 unspecified atom stereocenters. The number of nitrogens with zero attached hydrogens (tertiary/aromatic N) is 2. The van der Waals surface area contributed by atoms with Crippen LogP contribution in [0.1, 0.15) is 23.2 Å². The monoisotopic (exact) mass is 322 g/mol. The van der Waals surface area contributed by atoms with Gasteiger partial charge in [0.05, 0.1) is 22.7 Å². The van der Waals surface area contributed by atoms with Crippen molar-refractivity contribution in [3.8, 4) is 0 Å². The molecule has 0 saturated carbocycles. The van der Waals surface area contributed by atoms with Gasteiger partial charge in [-0.05, 0) is 25.0 Å². The largest absolute Gasteiger partial charge is 0.366 e. The summed E-state index contributed by atoms with van der Waals surface area (Å²) < 4.78 is 5.65. The SMILES string of the molecule is CN1C(=O)CO[C@H]2CCN(C(=O)c3ccccc3Cl)CC[C@@H]21. The number of halogens is 1. The molecule has 2 heterocycles. The Kier molecular flexibility index (Phi) is 4.36. The van der Waals surface area contributed by atoms with Crippen LogP contribution in [0.5, 0.6) is 0 Å². The Hall–Kier alpha value is -1.59. The molecule has 118 valence electrons. The van der Waals surface area contributed by atoms with Crippen LogP contribution in [0.3, 0.4) is 0 Å². The lowest BCUT2D eigenvalue weighted by Gasteiger charge is -2.37. The van der Waals surface area contributed by atoms with E-state index in [9.17, 15) is 9.59 Å². The molecular weight excluding hydrogens is 304 g/mol. The summed E-state index contributed by atoms with van der Waals surface area (Å²) in [6.45, 7) is 1.36. The molecule has 0 N–H and O–H groups in total. The van der Waals surface area contributed by atoms with Gasteiger partial charge in [-0.3, -0.25) is 9.59 Å². The summed E-state index contributed by atoms with van der Waals surface area (Å²) >= 11 is 6.12. The van der Waals surface area contributed by atoms with Crippen molar-refractivity contribution in [2.45, 2.75) is 25.0 Å². The lowest BCUT2D eigenvalue weighted by Crippen LogP contribution is -2.52. The third-order valence-electron chi connectivity index (χ3n) is 4.51. The van der Waals surface area contributed by atoms with Crippen molar-refractivity contribution < 1.29 is 14.3 Å². The van der Waals surface area contributed by atoms with Crippen LogP contribution in [0.2, 0.25) is 5.02 Å². The highest BCUT2D eigenvalue weighted by Gasteiger charge is 2.37. The average molecular weight is 323 g/mol. The number of benzene rings is 1. The van der Waals surface area contributed by atoms with Gasteiger partial charge in [-0.2, -0.15) is 0 Å². The summed E-state index contributed by atoms with van der Waals surface area (Å²) in [5.41, 5.74) is 0.527. The highest BCUT2D eigenvalue weighted by Crippen LogP contribution is 2.25. The second kappa shape index (κ2) is 6.26. The lowest BCUT2D eigenvalue weighted by atomic mass is 10.0. The molecular formula is C16H19ClN2O3. The first-order valence-corrected chi connectivity index (χ1v) is 7.87. The molecule has 1 aromatic carbocycles. The van der Waals surface area contributed by atoms with Gasteiger partial charge in [-0.25, -0.2) is 0 Å². The first-order chi connectivity index (χ1) is 10.6. The predicted octanol–water partition coefficient (Wildman–Crippen LogP) is 1.80. The van der Waals surface area contributed by atoms with Gasteiger partial charge in [-0.15, -0.1) is 0 Å². The highest BCUT2D eigenvalue weighted by molar-refractivity contribution is 6.33. The zero-order valence-corrected chi connectivity index (χ0v) is 13.3. The van der Waals surface area contributed by atoms with Crippen LogP contribution < -0.4 is 0 Å². The number of rotatable bonds is 1. The van der Waals surface area contributed by atoms with Crippen molar-refractivity contribution in [3.05, 3.63) is 34.9 Å². The third kappa shape index (κ3) is 2.83. The number of amides is 2. The summed E-state index contributed by atoms with van der Waals surface area (Å²) in [6, 6.07) is 7.14. The van der Waals surface area contributed by atoms with Gasteiger partial charge in [0, 0.05) is 20.1 Å². The number of likely N-dealkylation sites (tertiary alicyclic amines) is 1. The topological polar surface area (TPSA) is 49.9 Å². The molecule has 2 aliphatic rings. The van der Waals surface area contributed by atoms with Crippen molar-refractivity contribution >= 4 is 23.4 Å². The Morgan fingerprint density at radius 1 is 1.27 bits per heavy atom. The maximum Gasteiger partial charge on any atom is 0.255 e. The van der Waals surface area contributed by atoms with Gasteiger partial charge in [0.15, 0.2) is 0 Å². The number of fused-ring (bicyclic) bond motifs is 1. The molecule has 2 atom stereocenters. The number of carbonyl (C=O) groups excluding carboxylic acids is 2. The van der Waals surface area contributed by atoms with Crippen molar-refractivity contribution in [1.82, 2.24) is 9.80 Å². The second-order valence-corrected chi connectivity index (χ2v) is 6.18. The molecule has 2 saturated heterocycles. The summed E-state index contributed by atoms with van der Waals surface area (Å²) in [5.74, 6) is -0.0506. The van der Waals surface area contributed by atoms with Crippen LogP contribution in [0.4, 0.5) is 0 Å². The van der Waals surface area contributed by atoms with Crippen LogP contribution in [0.25, 0.3) is 0 Å². The van der Waals surface area contributed by atoms with Crippen molar-refractivity contribution in [3.63, 3.8) is 0 Å². The first-order valence-electron chi connectivity index (χ1n) is 7.49. The van der Waals surface area contributed by atoms with Crippen LogP contribution in [-0.4, -0.2) is 60.5 Å². The van der Waals surface area contributed by atoms with Gasteiger partial charge in [-0.1, -0.05) is 23.7 Å². The summed E-state index contributed by atoms with van der Waals surface area (Å²) in [7, 11) is 1.81. The maximum absolute atomic E-state index is 12.6. The second-order valence-electron chi connectivity index (χ2n) is 5.77. The van der Waals surface area contributed by atoms with E-state index in [0.29, 0.717) is 23.7 Å². The molecule has 0 radical (unpaired) electrons. The van der Waals surface area contributed by atoms with Crippen LogP contribution in [-0.2, 0) is 9.53 Å². The van der Waals surface area contributed by atoms with E-state index in [0.717, 1.165) is 12.8 Å². The van der Waals surface area contributed by atoms with E-state index in [-0.39, 0.29) is 30.6 Å². The third-order valence-corrected chi connectivity index (χ3v) is 4.84. The zero-order valence-electron chi connectivity index (χ0n) is 12.5. The molecule has 0 aliphatic carbocycles. The molecule has 0 bridgehead atoms. The molecule has 22 heavy (non-hydrogen) atoms. The Morgan fingerprint density at radius 2 is 2.00 bits per heavy atom. The molecule has 2 amide bonds. The minimum Gasteiger partial charge on any atom is -0.366 e. The molecule has 2 fully saturated rings. The van der Waals surface area contributed by atoms with E-state index in [4.69, 9.17) is 16.3 Å². The van der Waals surface area contributed by atoms with E-state index in [1.165, 1.54) is 0 Å². The van der Waals surface area contributed by atoms with E-state index in [1.54, 1.807) is 21.9 Å². The molecule has 0 spiro atoms. The average Bonchev–Trinajstić information content (AvgIpc) is 2.74. The fourth-order valence-electron chi connectivity index (χ4n) is 3.17. The number of carbonyl (C=O) groups is 2. The van der Waals surface area contributed by atoms with Gasteiger partial charge >= 0.3 is 0 Å². The summed E-state index contributed by atoms with van der Waals surface area (Å²) in [4.78, 5) is 28.0. The number of likely N-dealkylation sites (N-methyl/N-ethyl adjacent to an activating group) is 1. The van der Waals surface area contributed by atoms with Crippen LogP contribution in [0, 0.1) is 0 Å². The van der Waals surface area contributed by atoms with Crippen molar-refractivity contribution in [1.29, 1.82) is 0 Å². The summed E-state index contributed by atoms with van der Waals surface area (Å²) in [6.07, 6.45) is 1.47. The number of hydrogen-bond acceptors (Lipinski definition) is 3. The van der Waals surface area contributed by atoms with E-state index in [2.05, 4.69) is 0 Å². The minimum absolute atomic E-state index is 0.00625. The van der Waals surface area contributed by atoms with Gasteiger partial charge in [0.1, 0.15) is 6.61 Å². The number of hydrogen-bond donors (Lipinski definition) is 0. The Balaban J connectivity index is 1.74. The standard InChI is InChI=1S/C16H19ClN2O3/c1-18-13-6-8-19(9-7-14(13)22-10-15(18)20)16(21)11-4-2-3-5-12(11)17/h2-5,13-14H,6-10H2,1H3/t13-,14-/m0/s1. The van der Waals surface area contributed by atoms with E-state index in [1.807, 2.05) is 19.2 Å². The molecule has 0 aromatic heterocycles. The zero-order chi connectivity index (χ0) is 15.7. The van der Waals surface area contributed by atoms with Crippen LogP contribution in [0.15, 0.2) is 24.3 Å². The predicted molar refractivity (Wildman–Crippen MR) is 82.9 cm³/mol. The molecule has 2 aliphatic heterocycles. The normalized spacial score (nSPS) is 25.6. The molecule has 6 heteroatoms. The first kappa shape index (κ1) is 15.3. The lowest BCUT2D eigenvalue weighted by molar-refractivity contribution is -0.154. The highest BCUT2D eigenvalue weighted by atomic mass is 35.5. The summed E-state index contributed by atoms with van der Waals surface area (Å²) in [5, 5.41) is 0.470. The number of ether oxygens (including phenoxy) is 1. The molecule has 3 rings (SSSR count). The maximum atomic E-state index is 12.6. The Morgan fingerprint density at radius 3 is 2.77 bits per heavy atom. The van der Waals surface area contributed by atoms with E-state index >= 15 is 0 Å². The quantitative estimate of drug-likeness (QED) is 0.792. The van der Waals surface area contributed by atoms with Crippen LogP contribution >= 0.6 is 11.6 Å². The Labute approximate surface area is 134 Å². The fraction of sp³-hybridized carbons (Fsp3) is 0.500. The Bertz CT molecular complexity index is 593. The smallest absolute Gasteiger partial charge is 0.255 e. The van der Waals surface area contributed by atoms with Gasteiger partial charge in [0.2, 0.25) is 5.91 Å². The van der Waals surface area contributed by atoms with Gasteiger partial charge in [0.25, 0.3) is 5.91 Å². The van der Waals surface area contributed by atoms with Gasteiger partial charge < -0.3 is 14.5 Å². The molecule has 1 aromatic rings. The molecule has 5 nitrogen and oxygen atoms in total. The van der Waals surface area contributed by atoms with E-state index < -0.39 is 0 Å². The minimum atomic E-state index is -0.0572. The fourth-order valence-corrected chi connectivity index (χ4v) is 3.39.